The molecule has 0 aromatic heterocycles. The van der Waals surface area contributed by atoms with Crippen molar-refractivity contribution < 1.29 is 18.3 Å². The van der Waals surface area contributed by atoms with Crippen LogP contribution in [0.25, 0.3) is 10.8 Å². The average molecular weight is 284 g/mol. The van der Waals surface area contributed by atoms with E-state index in [-0.39, 0.29) is 11.9 Å². The van der Waals surface area contributed by atoms with Crippen LogP contribution < -0.4 is 4.74 Å². The molecule has 0 bridgehead atoms. The van der Waals surface area contributed by atoms with Gasteiger partial charge in [-0.1, -0.05) is 24.3 Å². The largest absolute Gasteiger partial charge is 0.484 e. The van der Waals surface area contributed by atoms with Crippen molar-refractivity contribution in [1.29, 1.82) is 0 Å². The first-order chi connectivity index (χ1) is 10.1. The summed E-state index contributed by atoms with van der Waals surface area (Å²) in [5.41, 5.74) is 0.326. The van der Waals surface area contributed by atoms with Crippen LogP contribution in [-0.4, -0.2) is 11.9 Å². The molecule has 1 heterocycles. The fourth-order valence-electron chi connectivity index (χ4n) is 2.90. The zero-order chi connectivity index (χ0) is 14.6. The van der Waals surface area contributed by atoms with Gasteiger partial charge >= 0.3 is 0 Å². The first-order valence-electron chi connectivity index (χ1n) is 6.63. The van der Waals surface area contributed by atoms with Crippen molar-refractivity contribution in [3.05, 3.63) is 65.8 Å². The highest BCUT2D eigenvalue weighted by Crippen LogP contribution is 2.38. The van der Waals surface area contributed by atoms with Crippen molar-refractivity contribution in [1.82, 2.24) is 0 Å². The molecule has 2 nitrogen and oxygen atoms in total. The maximum atomic E-state index is 13.5. The van der Waals surface area contributed by atoms with Crippen LogP contribution in [0.4, 0.5) is 8.78 Å². The molecule has 2 atom stereocenters. The van der Waals surface area contributed by atoms with Crippen molar-refractivity contribution in [3.63, 3.8) is 0 Å². The summed E-state index contributed by atoms with van der Waals surface area (Å²) < 4.78 is 32.7. The normalized spacial score (nSPS) is 22.9. The summed E-state index contributed by atoms with van der Waals surface area (Å²) in [6.45, 7) is 0. The maximum Gasteiger partial charge on any atom is 0.178 e. The number of ether oxygens (including phenoxy) is 1. The smallest absolute Gasteiger partial charge is 0.178 e. The zero-order valence-corrected chi connectivity index (χ0v) is 10.8. The van der Waals surface area contributed by atoms with E-state index in [1.165, 1.54) is 0 Å². The Morgan fingerprint density at radius 3 is 2.62 bits per heavy atom. The number of hydrogen-bond donors (Lipinski definition) is 0. The minimum Gasteiger partial charge on any atom is -0.484 e. The second-order valence-corrected chi connectivity index (χ2v) is 5.17. The summed E-state index contributed by atoms with van der Waals surface area (Å²) in [6.07, 6.45) is 6.88. The number of fused-ring (bicyclic) bond motifs is 4. The number of allylic oxidation sites excluding steroid dienone is 2. The third-order valence-corrected chi connectivity index (χ3v) is 3.92. The predicted octanol–water partition coefficient (Wildman–Crippen LogP) is 3.80. The van der Waals surface area contributed by atoms with Gasteiger partial charge in [-0.15, -0.1) is 0 Å². The molecule has 0 saturated heterocycles. The second-order valence-electron chi connectivity index (χ2n) is 5.17. The molecule has 2 aliphatic rings. The van der Waals surface area contributed by atoms with Gasteiger partial charge in [-0.3, -0.25) is 4.79 Å². The summed E-state index contributed by atoms with van der Waals surface area (Å²) in [5.74, 6) is -2.02. The first-order valence-corrected chi connectivity index (χ1v) is 6.63. The van der Waals surface area contributed by atoms with Crippen LogP contribution in [0.5, 0.6) is 5.75 Å². The van der Waals surface area contributed by atoms with E-state index in [0.29, 0.717) is 22.1 Å². The Labute approximate surface area is 119 Å². The van der Waals surface area contributed by atoms with Gasteiger partial charge in [0.25, 0.3) is 0 Å². The number of Topliss-reactive ketones (excluding diaryl/α,β-unsaturated/α-hetero) is 1. The molecular weight excluding hydrogens is 274 g/mol. The summed E-state index contributed by atoms with van der Waals surface area (Å²) >= 11 is 0. The van der Waals surface area contributed by atoms with Gasteiger partial charge in [-0.25, -0.2) is 8.78 Å². The van der Waals surface area contributed by atoms with Gasteiger partial charge in [-0.05, 0) is 35.0 Å². The van der Waals surface area contributed by atoms with E-state index in [4.69, 9.17) is 4.74 Å². The second kappa shape index (κ2) is 4.25. The fraction of sp³-hybridized carbons (Fsp3) is 0.118. The molecule has 104 valence electrons. The lowest BCUT2D eigenvalue weighted by atomic mass is 9.84. The maximum absolute atomic E-state index is 13.5. The Morgan fingerprint density at radius 2 is 1.76 bits per heavy atom. The van der Waals surface area contributed by atoms with Crippen LogP contribution in [-0.2, 0) is 0 Å². The molecule has 0 fully saturated rings. The van der Waals surface area contributed by atoms with Gasteiger partial charge in [0.2, 0.25) is 0 Å². The Hall–Kier alpha value is -2.49. The Kier molecular flexibility index (Phi) is 2.48. The van der Waals surface area contributed by atoms with Crippen molar-refractivity contribution in [3.8, 4) is 5.75 Å². The van der Waals surface area contributed by atoms with E-state index in [0.717, 1.165) is 12.1 Å². The molecule has 21 heavy (non-hydrogen) atoms. The summed E-state index contributed by atoms with van der Waals surface area (Å²) in [7, 11) is 0. The summed E-state index contributed by atoms with van der Waals surface area (Å²) in [6, 6.07) is 5.43. The molecular formula is C17H10F2O2. The highest BCUT2D eigenvalue weighted by molar-refractivity contribution is 6.13. The van der Waals surface area contributed by atoms with Crippen molar-refractivity contribution in [2.75, 3.05) is 0 Å². The lowest BCUT2D eigenvalue weighted by Crippen LogP contribution is -2.36. The van der Waals surface area contributed by atoms with Gasteiger partial charge in [0.1, 0.15) is 11.9 Å². The van der Waals surface area contributed by atoms with Gasteiger partial charge in [0, 0.05) is 0 Å². The lowest BCUT2D eigenvalue weighted by Gasteiger charge is -2.31. The van der Waals surface area contributed by atoms with E-state index >= 15 is 0 Å². The van der Waals surface area contributed by atoms with Gasteiger partial charge in [0.05, 0.1) is 11.5 Å². The number of halogens is 2. The Balaban J connectivity index is 1.99. The van der Waals surface area contributed by atoms with E-state index in [1.807, 2.05) is 12.2 Å². The third-order valence-electron chi connectivity index (χ3n) is 3.92. The zero-order valence-electron chi connectivity index (χ0n) is 10.8. The van der Waals surface area contributed by atoms with E-state index in [2.05, 4.69) is 0 Å². The first kappa shape index (κ1) is 12.3. The van der Waals surface area contributed by atoms with Crippen molar-refractivity contribution in [2.45, 2.75) is 6.10 Å². The summed E-state index contributed by atoms with van der Waals surface area (Å²) in [5, 5.41) is 0.871. The van der Waals surface area contributed by atoms with Gasteiger partial charge < -0.3 is 4.74 Å². The molecule has 1 aliphatic heterocycles. The molecule has 0 radical (unpaired) electrons. The average Bonchev–Trinajstić information content (AvgIpc) is 2.48. The molecule has 0 saturated carbocycles. The number of hydrogen-bond acceptors (Lipinski definition) is 2. The molecule has 4 rings (SSSR count). The minimum atomic E-state index is -0.968. The number of benzene rings is 2. The van der Waals surface area contributed by atoms with Crippen LogP contribution >= 0.6 is 0 Å². The lowest BCUT2D eigenvalue weighted by molar-refractivity contribution is 0.0810. The monoisotopic (exact) mass is 284 g/mol. The SMILES string of the molecule is O=C1c2c(ccc3cc(F)c(F)cc23)OC2C=CC=CC12. The molecule has 1 aliphatic carbocycles. The molecule has 0 spiro atoms. The summed E-state index contributed by atoms with van der Waals surface area (Å²) in [4.78, 5) is 12.7. The fourth-order valence-corrected chi connectivity index (χ4v) is 2.90. The standard InChI is InChI=1S/C17H10F2O2/c18-12-7-9-5-6-15-16(11(9)8-13(12)19)17(20)10-3-1-2-4-14(10)21-15/h1-8,10,14H. The van der Waals surface area contributed by atoms with Crippen molar-refractivity contribution in [2.24, 2.45) is 5.92 Å². The van der Waals surface area contributed by atoms with Crippen molar-refractivity contribution >= 4 is 16.6 Å². The number of carbonyl (C=O) groups excluding carboxylic acids is 1. The highest BCUT2D eigenvalue weighted by atomic mass is 19.2. The molecule has 2 unspecified atom stereocenters. The van der Waals surface area contributed by atoms with E-state index < -0.39 is 17.6 Å². The van der Waals surface area contributed by atoms with Gasteiger partial charge in [0.15, 0.2) is 17.4 Å². The Bertz CT molecular complexity index is 836. The van der Waals surface area contributed by atoms with E-state index in [9.17, 15) is 13.6 Å². The number of rotatable bonds is 0. The molecule has 2 aromatic carbocycles. The predicted molar refractivity (Wildman–Crippen MR) is 74.4 cm³/mol. The van der Waals surface area contributed by atoms with E-state index in [1.54, 1.807) is 24.3 Å². The van der Waals surface area contributed by atoms with Crippen LogP contribution in [0.2, 0.25) is 0 Å². The third kappa shape index (κ3) is 1.72. The minimum absolute atomic E-state index is 0.126. The quantitative estimate of drug-likeness (QED) is 0.735. The van der Waals surface area contributed by atoms with Crippen LogP contribution in [0.3, 0.4) is 0 Å². The molecule has 0 amide bonds. The Morgan fingerprint density at radius 1 is 1.00 bits per heavy atom. The molecule has 4 heteroatoms. The number of carbonyl (C=O) groups is 1. The molecule has 2 aromatic rings. The van der Waals surface area contributed by atoms with Gasteiger partial charge in [-0.2, -0.15) is 0 Å². The van der Waals surface area contributed by atoms with Crippen LogP contribution in [0.15, 0.2) is 48.6 Å². The number of ketones is 1. The van der Waals surface area contributed by atoms with Crippen LogP contribution in [0.1, 0.15) is 10.4 Å². The highest BCUT2D eigenvalue weighted by Gasteiger charge is 2.36. The van der Waals surface area contributed by atoms with Crippen LogP contribution in [0, 0.1) is 17.6 Å². The topological polar surface area (TPSA) is 26.3 Å². The molecule has 0 N–H and O–H groups in total.